The van der Waals surface area contributed by atoms with Gasteiger partial charge >= 0.3 is 0 Å². The third-order valence-electron chi connectivity index (χ3n) is 3.93. The molecule has 1 heterocycles. The molecule has 0 amide bonds. The minimum Gasteiger partial charge on any atom is -0.496 e. The van der Waals surface area contributed by atoms with Gasteiger partial charge in [-0.15, -0.1) is 11.3 Å². The Kier molecular flexibility index (Phi) is 4.03. The van der Waals surface area contributed by atoms with Crippen molar-refractivity contribution in [3.63, 3.8) is 0 Å². The van der Waals surface area contributed by atoms with Crippen LogP contribution < -0.4 is 10.1 Å². The van der Waals surface area contributed by atoms with Crippen molar-refractivity contribution in [2.45, 2.75) is 38.3 Å². The molecule has 0 spiro atoms. The lowest BCUT2D eigenvalue weighted by molar-refractivity contribution is 0.282. The first kappa shape index (κ1) is 13.6. The van der Waals surface area contributed by atoms with Crippen LogP contribution in [0, 0.1) is 6.92 Å². The molecule has 3 nitrogen and oxygen atoms in total. The Balaban J connectivity index is 1.51. The molecule has 0 bridgehead atoms. The minimum atomic E-state index is 0.606. The van der Waals surface area contributed by atoms with E-state index in [0.717, 1.165) is 12.3 Å². The number of aryl methyl sites for hydroxylation is 1. The van der Waals surface area contributed by atoms with Gasteiger partial charge < -0.3 is 10.1 Å². The van der Waals surface area contributed by atoms with Gasteiger partial charge in [0.15, 0.2) is 0 Å². The zero-order valence-corrected chi connectivity index (χ0v) is 12.7. The van der Waals surface area contributed by atoms with Crippen molar-refractivity contribution in [2.24, 2.45) is 0 Å². The number of hydrogen-bond donors (Lipinski definition) is 1. The molecule has 0 aliphatic heterocycles. The first-order chi connectivity index (χ1) is 9.76. The van der Waals surface area contributed by atoms with Crippen molar-refractivity contribution in [1.29, 1.82) is 0 Å². The number of thiazole rings is 1. The van der Waals surface area contributed by atoms with E-state index in [9.17, 15) is 0 Å². The Labute approximate surface area is 124 Å². The zero-order chi connectivity index (χ0) is 13.9. The molecule has 1 fully saturated rings. The molecular weight excluding hydrogens is 268 g/mol. The Bertz CT molecular complexity index is 575. The highest BCUT2D eigenvalue weighted by Gasteiger charge is 2.31. The van der Waals surface area contributed by atoms with Gasteiger partial charge in [0.25, 0.3) is 0 Å². The number of nitrogens with one attached hydrogen (secondary N) is 1. The molecule has 1 aliphatic carbocycles. The maximum atomic E-state index is 5.44. The third-order valence-corrected chi connectivity index (χ3v) is 4.84. The Hall–Kier alpha value is -1.39. The van der Waals surface area contributed by atoms with Crippen molar-refractivity contribution >= 4 is 11.3 Å². The average Bonchev–Trinajstić information content (AvgIpc) is 2.83. The van der Waals surface area contributed by atoms with Crippen molar-refractivity contribution in [1.82, 2.24) is 10.3 Å². The van der Waals surface area contributed by atoms with Crippen LogP contribution in [0.25, 0.3) is 0 Å². The van der Waals surface area contributed by atoms with Crippen LogP contribution >= 0.6 is 11.3 Å². The van der Waals surface area contributed by atoms with Gasteiger partial charge in [-0.2, -0.15) is 0 Å². The van der Waals surface area contributed by atoms with E-state index >= 15 is 0 Å². The van der Waals surface area contributed by atoms with E-state index in [1.807, 2.05) is 12.3 Å². The first-order valence-corrected chi connectivity index (χ1v) is 7.85. The van der Waals surface area contributed by atoms with Crippen LogP contribution in [0.1, 0.15) is 34.2 Å². The standard InChI is InChI=1S/C16H20N2OS/c1-11-9-18-16(20-11)10-17-13-7-12(8-13)14-5-3-4-6-15(14)19-2/h3-6,9,12-13,17H,7-8,10H2,1-2H3. The van der Waals surface area contributed by atoms with Crippen LogP contribution in [0.15, 0.2) is 30.5 Å². The summed E-state index contributed by atoms with van der Waals surface area (Å²) in [6.07, 6.45) is 4.32. The van der Waals surface area contributed by atoms with Crippen LogP contribution in [-0.4, -0.2) is 18.1 Å². The van der Waals surface area contributed by atoms with E-state index in [2.05, 4.69) is 35.4 Å². The first-order valence-electron chi connectivity index (χ1n) is 7.04. The smallest absolute Gasteiger partial charge is 0.122 e. The second kappa shape index (κ2) is 5.94. The summed E-state index contributed by atoms with van der Waals surface area (Å²) in [5, 5.41) is 4.78. The molecule has 106 valence electrons. The highest BCUT2D eigenvalue weighted by Crippen LogP contribution is 2.41. The van der Waals surface area contributed by atoms with Gasteiger partial charge in [-0.25, -0.2) is 4.98 Å². The summed E-state index contributed by atoms with van der Waals surface area (Å²) in [5.41, 5.74) is 1.35. The van der Waals surface area contributed by atoms with Crippen molar-refractivity contribution in [3.8, 4) is 5.75 Å². The Morgan fingerprint density at radius 2 is 2.15 bits per heavy atom. The molecule has 1 aromatic heterocycles. The number of methoxy groups -OCH3 is 1. The number of benzene rings is 1. The fraction of sp³-hybridized carbons (Fsp3) is 0.438. The molecule has 1 aliphatic rings. The second-order valence-corrected chi connectivity index (χ2v) is 6.67. The van der Waals surface area contributed by atoms with E-state index in [-0.39, 0.29) is 0 Å². The SMILES string of the molecule is COc1ccccc1C1CC(NCc2ncc(C)s2)C1. The lowest BCUT2D eigenvalue weighted by Gasteiger charge is -2.36. The second-order valence-electron chi connectivity index (χ2n) is 5.35. The van der Waals surface area contributed by atoms with Gasteiger partial charge in [0.05, 0.1) is 7.11 Å². The summed E-state index contributed by atoms with van der Waals surface area (Å²) in [4.78, 5) is 5.67. The van der Waals surface area contributed by atoms with Gasteiger partial charge in [-0.3, -0.25) is 0 Å². The largest absolute Gasteiger partial charge is 0.496 e. The molecule has 20 heavy (non-hydrogen) atoms. The summed E-state index contributed by atoms with van der Waals surface area (Å²) < 4.78 is 5.44. The van der Waals surface area contributed by atoms with Crippen molar-refractivity contribution in [3.05, 3.63) is 45.9 Å². The molecule has 1 N–H and O–H groups in total. The third kappa shape index (κ3) is 2.86. The maximum Gasteiger partial charge on any atom is 0.122 e. The fourth-order valence-electron chi connectivity index (χ4n) is 2.76. The lowest BCUT2D eigenvalue weighted by atomic mass is 9.75. The predicted molar refractivity (Wildman–Crippen MR) is 82.4 cm³/mol. The van der Waals surface area contributed by atoms with E-state index in [1.54, 1.807) is 18.4 Å². The van der Waals surface area contributed by atoms with E-state index in [4.69, 9.17) is 4.74 Å². The number of para-hydroxylation sites is 1. The molecule has 2 aromatic rings. The molecule has 4 heteroatoms. The molecular formula is C16H20N2OS. The Morgan fingerprint density at radius 3 is 2.85 bits per heavy atom. The number of nitrogens with zero attached hydrogens (tertiary/aromatic N) is 1. The highest BCUT2D eigenvalue weighted by atomic mass is 32.1. The molecule has 1 saturated carbocycles. The van der Waals surface area contributed by atoms with Crippen LogP contribution in [-0.2, 0) is 6.54 Å². The number of rotatable bonds is 5. The Morgan fingerprint density at radius 1 is 1.35 bits per heavy atom. The average molecular weight is 288 g/mol. The quantitative estimate of drug-likeness (QED) is 0.914. The summed E-state index contributed by atoms with van der Waals surface area (Å²) in [7, 11) is 1.75. The predicted octanol–water partition coefficient (Wildman–Crippen LogP) is 3.50. The van der Waals surface area contributed by atoms with Crippen LogP contribution in [0.4, 0.5) is 0 Å². The summed E-state index contributed by atoms with van der Waals surface area (Å²) in [5.74, 6) is 1.65. The molecule has 1 aromatic carbocycles. The maximum absolute atomic E-state index is 5.44. The van der Waals surface area contributed by atoms with E-state index < -0.39 is 0 Å². The lowest BCUT2D eigenvalue weighted by Crippen LogP contribution is -2.39. The van der Waals surface area contributed by atoms with Crippen LogP contribution in [0.5, 0.6) is 5.75 Å². The summed E-state index contributed by atoms with van der Waals surface area (Å²) >= 11 is 1.77. The van der Waals surface area contributed by atoms with Gasteiger partial charge in [-0.05, 0) is 37.3 Å². The number of aromatic nitrogens is 1. The van der Waals surface area contributed by atoms with E-state index in [0.29, 0.717) is 12.0 Å². The minimum absolute atomic E-state index is 0.606. The van der Waals surface area contributed by atoms with Crippen LogP contribution in [0.3, 0.4) is 0 Å². The van der Waals surface area contributed by atoms with Crippen molar-refractivity contribution < 1.29 is 4.74 Å². The zero-order valence-electron chi connectivity index (χ0n) is 11.9. The highest BCUT2D eigenvalue weighted by molar-refractivity contribution is 7.11. The molecule has 3 rings (SSSR count). The normalized spacial score (nSPS) is 21.5. The molecule has 0 atom stereocenters. The summed E-state index contributed by atoms with van der Waals surface area (Å²) in [6, 6.07) is 8.96. The number of hydrogen-bond acceptors (Lipinski definition) is 4. The molecule has 0 radical (unpaired) electrons. The van der Waals surface area contributed by atoms with Gasteiger partial charge in [0, 0.05) is 23.7 Å². The molecule has 0 saturated heterocycles. The van der Waals surface area contributed by atoms with Gasteiger partial charge in [0.2, 0.25) is 0 Å². The topological polar surface area (TPSA) is 34.1 Å². The molecule has 0 unspecified atom stereocenters. The number of ether oxygens (including phenoxy) is 1. The van der Waals surface area contributed by atoms with Crippen molar-refractivity contribution in [2.75, 3.05) is 7.11 Å². The van der Waals surface area contributed by atoms with Crippen LogP contribution in [0.2, 0.25) is 0 Å². The fourth-order valence-corrected chi connectivity index (χ4v) is 3.49. The summed E-state index contributed by atoms with van der Waals surface area (Å²) in [6.45, 7) is 2.99. The van der Waals surface area contributed by atoms with E-state index in [1.165, 1.54) is 28.3 Å². The van der Waals surface area contributed by atoms with Gasteiger partial charge in [0.1, 0.15) is 10.8 Å². The van der Waals surface area contributed by atoms with Gasteiger partial charge in [-0.1, -0.05) is 18.2 Å². The monoisotopic (exact) mass is 288 g/mol.